The van der Waals surface area contributed by atoms with Gasteiger partial charge < -0.3 is 10.1 Å². The van der Waals surface area contributed by atoms with Gasteiger partial charge in [0.05, 0.1) is 10.5 Å². The summed E-state index contributed by atoms with van der Waals surface area (Å²) in [6.45, 7) is 6.36. The van der Waals surface area contributed by atoms with E-state index in [-0.39, 0.29) is 16.5 Å². The van der Waals surface area contributed by atoms with E-state index in [4.69, 9.17) is 10.1 Å². The number of carbonyl (C=O) groups excluding carboxylic acids is 2. The average Bonchev–Trinajstić information content (AvgIpc) is 2.93. The third-order valence-corrected chi connectivity index (χ3v) is 4.87. The molecule has 3 rings (SSSR count). The zero-order chi connectivity index (χ0) is 19.6. The lowest BCUT2D eigenvalue weighted by Gasteiger charge is -2.18. The predicted octanol–water partition coefficient (Wildman–Crippen LogP) is 4.34. The van der Waals surface area contributed by atoms with E-state index in [1.54, 1.807) is 42.5 Å². The van der Waals surface area contributed by atoms with Crippen LogP contribution in [0.25, 0.3) is 6.08 Å². The maximum Gasteiger partial charge on any atom is 0.343 e. The van der Waals surface area contributed by atoms with Crippen molar-refractivity contribution in [3.63, 3.8) is 0 Å². The van der Waals surface area contributed by atoms with Crippen LogP contribution in [0.2, 0.25) is 0 Å². The van der Waals surface area contributed by atoms with Gasteiger partial charge in [-0.2, -0.15) is 0 Å². The van der Waals surface area contributed by atoms with Crippen LogP contribution in [0.1, 0.15) is 42.3 Å². The molecule has 0 aliphatic carbocycles. The molecule has 0 spiro atoms. The summed E-state index contributed by atoms with van der Waals surface area (Å²) in [5, 5.41) is 9.99. The summed E-state index contributed by atoms with van der Waals surface area (Å²) in [4.78, 5) is 24.4. The Morgan fingerprint density at radius 3 is 2.22 bits per heavy atom. The fraction of sp³-hybridized carbons (Fsp3) is 0.190. The number of hydrogen-bond donors (Lipinski definition) is 2. The van der Waals surface area contributed by atoms with Crippen molar-refractivity contribution in [3.8, 4) is 5.75 Å². The molecule has 0 saturated carbocycles. The van der Waals surface area contributed by atoms with Gasteiger partial charge in [0.1, 0.15) is 5.75 Å². The van der Waals surface area contributed by atoms with Gasteiger partial charge in [-0.1, -0.05) is 45.0 Å². The van der Waals surface area contributed by atoms with E-state index in [0.717, 1.165) is 22.9 Å². The fourth-order valence-electron chi connectivity index (χ4n) is 2.50. The molecule has 0 atom stereocenters. The molecule has 0 aromatic heterocycles. The molecule has 27 heavy (non-hydrogen) atoms. The smallest absolute Gasteiger partial charge is 0.343 e. The highest BCUT2D eigenvalue weighted by molar-refractivity contribution is 8.18. The number of amidine groups is 1. The molecular weight excluding hydrogens is 360 g/mol. The molecule has 6 heteroatoms. The second kappa shape index (κ2) is 7.40. The van der Waals surface area contributed by atoms with Gasteiger partial charge in [0.15, 0.2) is 5.17 Å². The van der Waals surface area contributed by atoms with E-state index in [2.05, 4.69) is 26.1 Å². The minimum absolute atomic E-state index is 0.0276. The lowest BCUT2D eigenvalue weighted by atomic mass is 9.87. The largest absolute Gasteiger partial charge is 0.423 e. The Hall–Kier alpha value is -2.86. The molecule has 1 heterocycles. The Kier molecular flexibility index (Phi) is 5.19. The first-order valence-electron chi connectivity index (χ1n) is 8.44. The van der Waals surface area contributed by atoms with Gasteiger partial charge in [0.2, 0.25) is 0 Å². The highest BCUT2D eigenvalue weighted by Crippen LogP contribution is 2.26. The minimum Gasteiger partial charge on any atom is -0.423 e. The molecule has 1 aliphatic rings. The number of nitrogens with one attached hydrogen (secondary N) is 2. The number of benzene rings is 2. The van der Waals surface area contributed by atoms with Crippen LogP contribution in [0.3, 0.4) is 0 Å². The van der Waals surface area contributed by atoms with Gasteiger partial charge in [0, 0.05) is 0 Å². The molecule has 2 aromatic carbocycles. The molecule has 138 valence electrons. The van der Waals surface area contributed by atoms with Gasteiger partial charge in [-0.15, -0.1) is 0 Å². The van der Waals surface area contributed by atoms with E-state index < -0.39 is 5.97 Å². The molecule has 1 fully saturated rings. The van der Waals surface area contributed by atoms with E-state index in [0.29, 0.717) is 16.2 Å². The molecular formula is C21H20N2O3S. The maximum atomic E-state index is 12.3. The Labute approximate surface area is 162 Å². The summed E-state index contributed by atoms with van der Waals surface area (Å²) in [6.07, 6.45) is 1.69. The van der Waals surface area contributed by atoms with Crippen molar-refractivity contribution in [2.45, 2.75) is 26.2 Å². The topological polar surface area (TPSA) is 79.2 Å². The highest BCUT2D eigenvalue weighted by atomic mass is 32.2. The van der Waals surface area contributed by atoms with Crippen LogP contribution in [0.5, 0.6) is 5.75 Å². The molecule has 2 N–H and O–H groups in total. The van der Waals surface area contributed by atoms with Gasteiger partial charge in [-0.25, -0.2) is 4.79 Å². The van der Waals surface area contributed by atoms with E-state index in [9.17, 15) is 9.59 Å². The standard InChI is InChI=1S/C21H20N2O3S/c1-21(2,3)15-8-6-14(7-9-15)19(25)26-16-10-4-13(5-11-16)12-17-18(24)23-20(22)27-17/h4-12H,1-3H3,(H2,22,23,24). The monoisotopic (exact) mass is 380 g/mol. The van der Waals surface area contributed by atoms with Crippen molar-refractivity contribution in [2.24, 2.45) is 0 Å². The summed E-state index contributed by atoms with van der Waals surface area (Å²) in [5.41, 5.74) is 2.46. The van der Waals surface area contributed by atoms with Gasteiger partial charge in [-0.3, -0.25) is 10.2 Å². The summed E-state index contributed by atoms with van der Waals surface area (Å²) >= 11 is 1.08. The van der Waals surface area contributed by atoms with Crippen molar-refractivity contribution in [2.75, 3.05) is 0 Å². The summed E-state index contributed by atoms with van der Waals surface area (Å²) < 4.78 is 5.41. The van der Waals surface area contributed by atoms with Crippen LogP contribution >= 0.6 is 11.8 Å². The van der Waals surface area contributed by atoms with Crippen LogP contribution in [-0.2, 0) is 10.2 Å². The Morgan fingerprint density at radius 2 is 1.70 bits per heavy atom. The summed E-state index contributed by atoms with van der Waals surface area (Å²) in [6, 6.07) is 14.3. The SMILES string of the molecule is CC(C)(C)c1ccc(C(=O)Oc2ccc(C=C3SC(=N)NC3=O)cc2)cc1. The Bertz CT molecular complexity index is 923. The van der Waals surface area contributed by atoms with Crippen LogP contribution in [0.4, 0.5) is 0 Å². The van der Waals surface area contributed by atoms with Crippen molar-refractivity contribution in [3.05, 3.63) is 70.1 Å². The fourth-order valence-corrected chi connectivity index (χ4v) is 3.20. The van der Waals surface area contributed by atoms with Crippen LogP contribution in [0.15, 0.2) is 53.4 Å². The summed E-state index contributed by atoms with van der Waals surface area (Å²) in [7, 11) is 0. The average molecular weight is 380 g/mol. The van der Waals surface area contributed by atoms with Crippen molar-refractivity contribution >= 4 is 34.9 Å². The van der Waals surface area contributed by atoms with Crippen LogP contribution < -0.4 is 10.1 Å². The number of carbonyl (C=O) groups is 2. The molecule has 1 amide bonds. The van der Waals surface area contributed by atoms with Crippen LogP contribution in [-0.4, -0.2) is 17.0 Å². The third-order valence-electron chi connectivity index (χ3n) is 4.04. The first kappa shape index (κ1) is 18.9. The zero-order valence-corrected chi connectivity index (χ0v) is 16.1. The van der Waals surface area contributed by atoms with Crippen molar-refractivity contribution in [1.29, 1.82) is 5.41 Å². The number of thioether (sulfide) groups is 1. The van der Waals surface area contributed by atoms with Crippen molar-refractivity contribution in [1.82, 2.24) is 5.32 Å². The number of hydrogen-bond acceptors (Lipinski definition) is 5. The van der Waals surface area contributed by atoms with Crippen LogP contribution in [0, 0.1) is 5.41 Å². The summed E-state index contributed by atoms with van der Waals surface area (Å²) in [5.74, 6) is -0.265. The number of esters is 1. The minimum atomic E-state index is -0.416. The second-order valence-electron chi connectivity index (χ2n) is 7.18. The lowest BCUT2D eigenvalue weighted by Crippen LogP contribution is -2.18. The van der Waals surface area contributed by atoms with E-state index in [1.807, 2.05) is 12.1 Å². The Balaban J connectivity index is 1.67. The molecule has 1 aliphatic heterocycles. The van der Waals surface area contributed by atoms with Crippen molar-refractivity contribution < 1.29 is 14.3 Å². The quantitative estimate of drug-likeness (QED) is 0.472. The van der Waals surface area contributed by atoms with Gasteiger partial charge in [-0.05, 0) is 58.6 Å². The lowest BCUT2D eigenvalue weighted by molar-refractivity contribution is -0.115. The first-order valence-corrected chi connectivity index (χ1v) is 9.26. The molecule has 0 unspecified atom stereocenters. The second-order valence-corrected chi connectivity index (χ2v) is 8.23. The van der Waals surface area contributed by atoms with E-state index in [1.165, 1.54) is 0 Å². The highest BCUT2D eigenvalue weighted by Gasteiger charge is 2.22. The predicted molar refractivity (Wildman–Crippen MR) is 108 cm³/mol. The molecule has 2 aromatic rings. The molecule has 1 saturated heterocycles. The zero-order valence-electron chi connectivity index (χ0n) is 15.3. The number of ether oxygens (including phenoxy) is 1. The maximum absolute atomic E-state index is 12.3. The first-order chi connectivity index (χ1) is 12.7. The molecule has 0 radical (unpaired) electrons. The molecule has 5 nitrogen and oxygen atoms in total. The van der Waals surface area contributed by atoms with E-state index >= 15 is 0 Å². The third kappa shape index (κ3) is 4.65. The normalized spacial score (nSPS) is 15.7. The van der Waals surface area contributed by atoms with Gasteiger partial charge in [0.25, 0.3) is 5.91 Å². The van der Waals surface area contributed by atoms with Gasteiger partial charge >= 0.3 is 5.97 Å². The molecule has 0 bridgehead atoms. The number of rotatable bonds is 3. The Morgan fingerprint density at radius 1 is 1.07 bits per heavy atom. The number of amides is 1.